The Morgan fingerprint density at radius 1 is 1.23 bits per heavy atom. The highest BCUT2D eigenvalue weighted by molar-refractivity contribution is 6.04. The number of ether oxygens (including phenoxy) is 1. The van der Waals surface area contributed by atoms with Crippen LogP contribution in [0, 0.1) is 10.1 Å². The number of nitrogens with one attached hydrogen (secondary N) is 1. The van der Waals surface area contributed by atoms with Crippen LogP contribution >= 0.6 is 0 Å². The van der Waals surface area contributed by atoms with Gasteiger partial charge < -0.3 is 15.0 Å². The first kappa shape index (κ1) is 20.4. The lowest BCUT2D eigenvalue weighted by molar-refractivity contribution is -0.384. The maximum Gasteiger partial charge on any atom is 0.295 e. The average molecular weight is 423 g/mol. The molecule has 3 aromatic rings. The Morgan fingerprint density at radius 3 is 2.61 bits per heavy atom. The van der Waals surface area contributed by atoms with E-state index < -0.39 is 10.8 Å². The van der Waals surface area contributed by atoms with Crippen molar-refractivity contribution < 1.29 is 14.5 Å². The Bertz CT molecular complexity index is 1080. The standard InChI is InChI=1S/C20H21N7O4/c1-13-9-25(10-14(2)31-13)19-6-4-16(8-22-19)24-20(28)15-3-5-17(18(7-15)27(29)30)26-12-21-11-23-26/h3-8,11-14H,9-10H2,1-2H3,(H,24,28)/t13-,14+. The molecule has 1 amide bonds. The quantitative estimate of drug-likeness (QED) is 0.489. The summed E-state index contributed by atoms with van der Waals surface area (Å²) in [6, 6.07) is 7.76. The largest absolute Gasteiger partial charge is 0.372 e. The van der Waals surface area contributed by atoms with Gasteiger partial charge in [-0.1, -0.05) is 0 Å². The third kappa shape index (κ3) is 4.51. The first-order valence-electron chi connectivity index (χ1n) is 9.72. The van der Waals surface area contributed by atoms with E-state index in [1.165, 1.54) is 35.5 Å². The molecule has 1 N–H and O–H groups in total. The average Bonchev–Trinajstić information content (AvgIpc) is 3.28. The molecule has 1 aliphatic rings. The van der Waals surface area contributed by atoms with Gasteiger partial charge in [0.1, 0.15) is 24.2 Å². The normalized spacial score (nSPS) is 18.6. The molecule has 2 atom stereocenters. The first-order valence-corrected chi connectivity index (χ1v) is 9.72. The summed E-state index contributed by atoms with van der Waals surface area (Å²) >= 11 is 0. The minimum atomic E-state index is -0.561. The van der Waals surface area contributed by atoms with E-state index in [9.17, 15) is 14.9 Å². The fourth-order valence-electron chi connectivity index (χ4n) is 3.55. The zero-order valence-corrected chi connectivity index (χ0v) is 17.0. The molecule has 1 aromatic carbocycles. The number of nitro benzene ring substituents is 1. The summed E-state index contributed by atoms with van der Waals surface area (Å²) in [7, 11) is 0. The number of hydrogen-bond donors (Lipinski definition) is 1. The fourth-order valence-corrected chi connectivity index (χ4v) is 3.55. The van der Waals surface area contributed by atoms with Crippen LogP contribution in [0.5, 0.6) is 0 Å². The number of carbonyl (C=O) groups is 1. The molecule has 0 unspecified atom stereocenters. The topological polar surface area (TPSA) is 128 Å². The minimum Gasteiger partial charge on any atom is -0.372 e. The van der Waals surface area contributed by atoms with Crippen molar-refractivity contribution in [2.75, 3.05) is 23.3 Å². The molecule has 1 aliphatic heterocycles. The predicted molar refractivity (Wildman–Crippen MR) is 112 cm³/mol. The highest BCUT2D eigenvalue weighted by atomic mass is 16.6. The second kappa shape index (κ2) is 8.48. The highest BCUT2D eigenvalue weighted by Crippen LogP contribution is 2.24. The van der Waals surface area contributed by atoms with E-state index >= 15 is 0 Å². The molecule has 31 heavy (non-hydrogen) atoms. The maximum absolute atomic E-state index is 12.6. The SMILES string of the molecule is C[C@@H]1CN(c2ccc(NC(=O)c3ccc(-n4cncn4)c([N+](=O)[O-])c3)cn2)C[C@H](C)O1. The Labute approximate surface area is 177 Å². The summed E-state index contributed by atoms with van der Waals surface area (Å²) in [5, 5.41) is 18.1. The number of carbonyl (C=O) groups excluding carboxylic acids is 1. The number of rotatable bonds is 5. The van der Waals surface area contributed by atoms with Crippen molar-refractivity contribution in [2.45, 2.75) is 26.1 Å². The number of morpholine rings is 1. The third-order valence-electron chi connectivity index (χ3n) is 4.85. The zero-order valence-electron chi connectivity index (χ0n) is 17.0. The molecule has 0 radical (unpaired) electrons. The van der Waals surface area contributed by atoms with E-state index in [4.69, 9.17) is 4.74 Å². The lowest BCUT2D eigenvalue weighted by Gasteiger charge is -2.36. The smallest absolute Gasteiger partial charge is 0.295 e. The number of anilines is 2. The molecule has 11 heteroatoms. The highest BCUT2D eigenvalue weighted by Gasteiger charge is 2.23. The Morgan fingerprint density at radius 2 is 2.00 bits per heavy atom. The van der Waals surface area contributed by atoms with Crippen LogP contribution in [-0.2, 0) is 4.74 Å². The second-order valence-corrected chi connectivity index (χ2v) is 7.32. The van der Waals surface area contributed by atoms with Crippen molar-refractivity contribution in [3.8, 4) is 5.69 Å². The number of benzene rings is 1. The third-order valence-corrected chi connectivity index (χ3v) is 4.85. The van der Waals surface area contributed by atoms with Crippen LogP contribution in [0.3, 0.4) is 0 Å². The Hall–Kier alpha value is -3.86. The van der Waals surface area contributed by atoms with E-state index in [2.05, 4.69) is 25.3 Å². The number of aromatic nitrogens is 4. The van der Waals surface area contributed by atoms with Crippen LogP contribution in [0.1, 0.15) is 24.2 Å². The zero-order chi connectivity index (χ0) is 22.0. The molecule has 3 heterocycles. The molecule has 0 saturated carbocycles. The van der Waals surface area contributed by atoms with Crippen LogP contribution < -0.4 is 10.2 Å². The molecule has 4 rings (SSSR count). The molecule has 1 saturated heterocycles. The predicted octanol–water partition coefficient (Wildman–Crippen LogP) is 2.44. The molecule has 0 bridgehead atoms. The van der Waals surface area contributed by atoms with Crippen molar-refractivity contribution >= 4 is 23.1 Å². The van der Waals surface area contributed by atoms with Crippen molar-refractivity contribution in [2.24, 2.45) is 0 Å². The van der Waals surface area contributed by atoms with Gasteiger partial charge in [0.25, 0.3) is 11.6 Å². The molecule has 2 aromatic heterocycles. The van der Waals surface area contributed by atoms with E-state index in [0.29, 0.717) is 5.69 Å². The fraction of sp³-hybridized carbons (Fsp3) is 0.300. The van der Waals surface area contributed by atoms with Crippen molar-refractivity contribution in [1.82, 2.24) is 19.7 Å². The summed E-state index contributed by atoms with van der Waals surface area (Å²) in [5.74, 6) is 0.323. The van der Waals surface area contributed by atoms with E-state index in [-0.39, 0.29) is 29.1 Å². The number of nitro groups is 1. The molecule has 11 nitrogen and oxygen atoms in total. The van der Waals surface area contributed by atoms with Gasteiger partial charge in [-0.3, -0.25) is 14.9 Å². The van der Waals surface area contributed by atoms with Crippen LogP contribution in [0.2, 0.25) is 0 Å². The van der Waals surface area contributed by atoms with Gasteiger partial charge in [-0.25, -0.2) is 14.6 Å². The van der Waals surface area contributed by atoms with Gasteiger partial charge in [0.2, 0.25) is 0 Å². The van der Waals surface area contributed by atoms with Crippen LogP contribution in [-0.4, -0.2) is 55.9 Å². The summed E-state index contributed by atoms with van der Waals surface area (Å²) in [4.78, 5) is 33.9. The Kier molecular flexibility index (Phi) is 5.58. The van der Waals surface area contributed by atoms with Gasteiger partial charge in [-0.2, -0.15) is 5.10 Å². The van der Waals surface area contributed by atoms with Gasteiger partial charge >= 0.3 is 0 Å². The molecular weight excluding hydrogens is 402 g/mol. The monoisotopic (exact) mass is 423 g/mol. The number of pyridine rings is 1. The van der Waals surface area contributed by atoms with Crippen LogP contribution in [0.15, 0.2) is 49.2 Å². The summed E-state index contributed by atoms with van der Waals surface area (Å²) in [6.07, 6.45) is 4.42. The van der Waals surface area contributed by atoms with E-state index in [1.807, 2.05) is 19.9 Å². The van der Waals surface area contributed by atoms with Gasteiger partial charge in [-0.05, 0) is 38.1 Å². The minimum absolute atomic E-state index is 0.112. The summed E-state index contributed by atoms with van der Waals surface area (Å²) in [6.45, 7) is 5.52. The lowest BCUT2D eigenvalue weighted by atomic mass is 10.1. The van der Waals surface area contributed by atoms with Crippen molar-refractivity contribution in [3.05, 3.63) is 64.9 Å². The molecule has 160 valence electrons. The molecule has 1 fully saturated rings. The molecular formula is C20H21N7O4. The van der Waals surface area contributed by atoms with Gasteiger partial charge in [0.05, 0.1) is 29.0 Å². The number of hydrogen-bond acceptors (Lipinski definition) is 8. The Balaban J connectivity index is 1.49. The van der Waals surface area contributed by atoms with Gasteiger partial charge in [0, 0.05) is 24.7 Å². The van der Waals surface area contributed by atoms with Gasteiger partial charge in [0.15, 0.2) is 0 Å². The second-order valence-electron chi connectivity index (χ2n) is 7.32. The van der Waals surface area contributed by atoms with Crippen LogP contribution in [0.4, 0.5) is 17.2 Å². The molecule has 0 spiro atoms. The number of nitrogens with zero attached hydrogens (tertiary/aromatic N) is 6. The van der Waals surface area contributed by atoms with Gasteiger partial charge in [-0.15, -0.1) is 0 Å². The summed E-state index contributed by atoms with van der Waals surface area (Å²) in [5.41, 5.74) is 0.614. The number of amides is 1. The first-order chi connectivity index (χ1) is 14.9. The van der Waals surface area contributed by atoms with E-state index in [0.717, 1.165) is 18.9 Å². The molecule has 0 aliphatic carbocycles. The van der Waals surface area contributed by atoms with Crippen molar-refractivity contribution in [3.63, 3.8) is 0 Å². The van der Waals surface area contributed by atoms with Crippen molar-refractivity contribution in [1.29, 1.82) is 0 Å². The lowest BCUT2D eigenvalue weighted by Crippen LogP contribution is -2.45. The van der Waals surface area contributed by atoms with Crippen LogP contribution in [0.25, 0.3) is 5.69 Å². The maximum atomic E-state index is 12.6. The summed E-state index contributed by atoms with van der Waals surface area (Å²) < 4.78 is 7.01. The van der Waals surface area contributed by atoms with E-state index in [1.54, 1.807) is 12.3 Å².